The van der Waals surface area contributed by atoms with E-state index < -0.39 is 10.0 Å². The highest BCUT2D eigenvalue weighted by Crippen LogP contribution is 2.30. The molecule has 5 nitrogen and oxygen atoms in total. The first-order chi connectivity index (χ1) is 12.4. The van der Waals surface area contributed by atoms with Crippen LogP contribution in [0.15, 0.2) is 47.4 Å². The summed E-state index contributed by atoms with van der Waals surface area (Å²) in [6.45, 7) is 6.04. The van der Waals surface area contributed by atoms with E-state index in [1.807, 2.05) is 44.2 Å². The Bertz CT molecular complexity index is 1020. The molecule has 0 atom stereocenters. The lowest BCUT2D eigenvalue weighted by molar-refractivity contribution is 0.384. The van der Waals surface area contributed by atoms with Gasteiger partial charge in [0.25, 0.3) is 0 Å². The number of aromatic nitrogens is 1. The molecule has 1 aliphatic heterocycles. The van der Waals surface area contributed by atoms with Gasteiger partial charge in [0.05, 0.1) is 15.1 Å². The molecule has 26 heavy (non-hydrogen) atoms. The van der Waals surface area contributed by atoms with Crippen LogP contribution in [0.4, 0.5) is 5.13 Å². The number of anilines is 1. The van der Waals surface area contributed by atoms with Gasteiger partial charge in [-0.25, -0.2) is 13.4 Å². The highest BCUT2D eigenvalue weighted by atomic mass is 32.2. The number of nitrogens with zero attached hydrogens (tertiary/aromatic N) is 3. The summed E-state index contributed by atoms with van der Waals surface area (Å²) in [4.78, 5) is 7.29. The number of hydrogen-bond donors (Lipinski definition) is 0. The third kappa shape index (κ3) is 3.11. The van der Waals surface area contributed by atoms with E-state index in [-0.39, 0.29) is 0 Å². The minimum atomic E-state index is -3.46. The maximum atomic E-state index is 13.0. The Morgan fingerprint density at radius 1 is 1.00 bits per heavy atom. The Morgan fingerprint density at radius 3 is 2.46 bits per heavy atom. The van der Waals surface area contributed by atoms with Crippen LogP contribution in [0.2, 0.25) is 0 Å². The zero-order chi connectivity index (χ0) is 18.3. The van der Waals surface area contributed by atoms with E-state index in [9.17, 15) is 8.42 Å². The topological polar surface area (TPSA) is 53.5 Å². The van der Waals surface area contributed by atoms with Crippen LogP contribution in [0, 0.1) is 13.8 Å². The largest absolute Gasteiger partial charge is 0.345 e. The molecule has 0 bridgehead atoms. The summed E-state index contributed by atoms with van der Waals surface area (Å²) in [6.07, 6.45) is 0. The van der Waals surface area contributed by atoms with Crippen molar-refractivity contribution in [2.45, 2.75) is 18.7 Å². The fourth-order valence-corrected chi connectivity index (χ4v) is 5.99. The van der Waals surface area contributed by atoms with E-state index in [0.717, 1.165) is 26.5 Å². The summed E-state index contributed by atoms with van der Waals surface area (Å²) < 4.78 is 28.8. The first-order valence-electron chi connectivity index (χ1n) is 8.63. The Balaban J connectivity index is 1.53. The number of benzene rings is 2. The first-order valence-corrected chi connectivity index (χ1v) is 10.9. The standard InChI is InChI=1S/C19H21N3O2S2/c1-14-7-8-15(2)18(13-14)26(23,24)22-11-9-21(10-12-22)19-20-16-5-3-4-6-17(16)25-19/h3-8,13H,9-12H2,1-2H3. The monoisotopic (exact) mass is 387 g/mol. The number of para-hydroxylation sites is 1. The van der Waals surface area contributed by atoms with Crippen molar-refractivity contribution in [3.05, 3.63) is 53.6 Å². The SMILES string of the molecule is Cc1ccc(C)c(S(=O)(=O)N2CCN(c3nc4ccccc4s3)CC2)c1. The van der Waals surface area contributed by atoms with Crippen molar-refractivity contribution >= 4 is 36.7 Å². The molecule has 136 valence electrons. The van der Waals surface area contributed by atoms with Crippen molar-refractivity contribution in [3.8, 4) is 0 Å². The molecule has 0 aliphatic carbocycles. The molecule has 0 spiro atoms. The zero-order valence-corrected chi connectivity index (χ0v) is 16.5. The minimum Gasteiger partial charge on any atom is -0.345 e. The van der Waals surface area contributed by atoms with Crippen LogP contribution < -0.4 is 4.90 Å². The molecule has 0 N–H and O–H groups in total. The summed E-state index contributed by atoms with van der Waals surface area (Å²) in [5.41, 5.74) is 2.75. The van der Waals surface area contributed by atoms with Gasteiger partial charge in [0.1, 0.15) is 0 Å². The van der Waals surface area contributed by atoms with Crippen molar-refractivity contribution in [3.63, 3.8) is 0 Å². The maximum Gasteiger partial charge on any atom is 0.243 e. The second-order valence-electron chi connectivity index (χ2n) is 6.62. The highest BCUT2D eigenvalue weighted by Gasteiger charge is 2.30. The predicted molar refractivity (Wildman–Crippen MR) is 107 cm³/mol. The first kappa shape index (κ1) is 17.5. The summed E-state index contributed by atoms with van der Waals surface area (Å²) in [5.74, 6) is 0. The van der Waals surface area contributed by atoms with Crippen molar-refractivity contribution in [2.75, 3.05) is 31.1 Å². The number of fused-ring (bicyclic) bond motifs is 1. The van der Waals surface area contributed by atoms with Gasteiger partial charge in [-0.2, -0.15) is 4.31 Å². The lowest BCUT2D eigenvalue weighted by atomic mass is 10.2. The normalized spacial score (nSPS) is 16.3. The van der Waals surface area contributed by atoms with E-state index >= 15 is 0 Å². The quantitative estimate of drug-likeness (QED) is 0.691. The summed E-state index contributed by atoms with van der Waals surface area (Å²) in [7, 11) is -3.46. The van der Waals surface area contributed by atoms with Gasteiger partial charge in [0.2, 0.25) is 10.0 Å². The highest BCUT2D eigenvalue weighted by molar-refractivity contribution is 7.89. The van der Waals surface area contributed by atoms with Gasteiger partial charge in [0.15, 0.2) is 5.13 Å². The molecule has 7 heteroatoms. The molecule has 1 fully saturated rings. The molecule has 1 aliphatic rings. The van der Waals surface area contributed by atoms with Crippen LogP contribution in [0.1, 0.15) is 11.1 Å². The third-order valence-electron chi connectivity index (χ3n) is 4.75. The fraction of sp³-hybridized carbons (Fsp3) is 0.316. The Kier molecular flexibility index (Phi) is 4.46. The summed E-state index contributed by atoms with van der Waals surface area (Å²) in [5, 5.41) is 0.968. The van der Waals surface area contributed by atoms with E-state index in [0.29, 0.717) is 31.1 Å². The van der Waals surface area contributed by atoms with Crippen LogP contribution in [-0.2, 0) is 10.0 Å². The van der Waals surface area contributed by atoms with Crippen LogP contribution in [0.25, 0.3) is 10.2 Å². The zero-order valence-electron chi connectivity index (χ0n) is 14.8. The third-order valence-corrected chi connectivity index (χ3v) is 7.89. The molecule has 0 saturated carbocycles. The molecule has 0 unspecified atom stereocenters. The fourth-order valence-electron chi connectivity index (χ4n) is 3.24. The van der Waals surface area contributed by atoms with Crippen molar-refractivity contribution in [2.24, 2.45) is 0 Å². The maximum absolute atomic E-state index is 13.0. The van der Waals surface area contributed by atoms with Gasteiger partial charge < -0.3 is 4.90 Å². The van der Waals surface area contributed by atoms with Crippen molar-refractivity contribution in [1.29, 1.82) is 0 Å². The van der Waals surface area contributed by atoms with Gasteiger partial charge in [-0.3, -0.25) is 0 Å². The number of rotatable bonds is 3. The lowest BCUT2D eigenvalue weighted by Gasteiger charge is -2.34. The van der Waals surface area contributed by atoms with E-state index in [2.05, 4.69) is 16.0 Å². The second-order valence-corrected chi connectivity index (χ2v) is 9.54. The molecule has 1 aromatic heterocycles. The Hall–Kier alpha value is -1.96. The van der Waals surface area contributed by atoms with E-state index in [4.69, 9.17) is 0 Å². The van der Waals surface area contributed by atoms with Gasteiger partial charge in [0, 0.05) is 26.2 Å². The Labute approximate surface area is 157 Å². The molecule has 0 radical (unpaired) electrons. The molecule has 4 rings (SSSR count). The molecular weight excluding hydrogens is 366 g/mol. The minimum absolute atomic E-state index is 0.422. The molecule has 2 aromatic carbocycles. The van der Waals surface area contributed by atoms with E-state index in [1.165, 1.54) is 0 Å². The smallest absolute Gasteiger partial charge is 0.243 e. The number of sulfonamides is 1. The molecule has 0 amide bonds. The van der Waals surface area contributed by atoms with Crippen LogP contribution >= 0.6 is 11.3 Å². The van der Waals surface area contributed by atoms with Gasteiger partial charge in [-0.05, 0) is 43.2 Å². The summed E-state index contributed by atoms with van der Waals surface area (Å²) >= 11 is 1.66. The predicted octanol–water partition coefficient (Wildman–Crippen LogP) is 3.42. The molecule has 3 aromatic rings. The molecule has 2 heterocycles. The van der Waals surface area contributed by atoms with Crippen molar-refractivity contribution in [1.82, 2.24) is 9.29 Å². The molecular formula is C19H21N3O2S2. The number of piperazine rings is 1. The van der Waals surface area contributed by atoms with Gasteiger partial charge >= 0.3 is 0 Å². The van der Waals surface area contributed by atoms with Crippen LogP contribution in [0.5, 0.6) is 0 Å². The average Bonchev–Trinajstić information content (AvgIpc) is 3.08. The lowest BCUT2D eigenvalue weighted by Crippen LogP contribution is -2.48. The van der Waals surface area contributed by atoms with Gasteiger partial charge in [-0.1, -0.05) is 35.6 Å². The average molecular weight is 388 g/mol. The number of hydrogen-bond acceptors (Lipinski definition) is 5. The van der Waals surface area contributed by atoms with E-state index in [1.54, 1.807) is 21.7 Å². The summed E-state index contributed by atoms with van der Waals surface area (Å²) in [6, 6.07) is 13.7. The van der Waals surface area contributed by atoms with Crippen molar-refractivity contribution < 1.29 is 8.42 Å². The van der Waals surface area contributed by atoms with Crippen LogP contribution in [0.3, 0.4) is 0 Å². The second kappa shape index (κ2) is 6.64. The van der Waals surface area contributed by atoms with Gasteiger partial charge in [-0.15, -0.1) is 0 Å². The number of aryl methyl sites for hydroxylation is 2. The Morgan fingerprint density at radius 2 is 1.73 bits per heavy atom. The van der Waals surface area contributed by atoms with Crippen LogP contribution in [-0.4, -0.2) is 43.9 Å². The molecule has 1 saturated heterocycles. The number of thiazole rings is 1.